The van der Waals surface area contributed by atoms with Crippen LogP contribution in [0.2, 0.25) is 0 Å². The Morgan fingerprint density at radius 3 is 1.88 bits per heavy atom. The van der Waals surface area contributed by atoms with Crippen molar-refractivity contribution in [3.8, 4) is 0 Å². The summed E-state index contributed by atoms with van der Waals surface area (Å²) >= 11 is 2.15. The van der Waals surface area contributed by atoms with E-state index in [4.69, 9.17) is 9.90 Å². The number of nitrogens with zero attached hydrogens (tertiary/aromatic N) is 1. The number of aromatic nitrogens is 2. The van der Waals surface area contributed by atoms with Gasteiger partial charge in [0.25, 0.3) is 5.97 Å². The third-order valence-electron chi connectivity index (χ3n) is 3.54. The fraction of sp³-hybridized carbons (Fsp3) is 0.217. The van der Waals surface area contributed by atoms with Crippen LogP contribution in [-0.4, -0.2) is 44.1 Å². The summed E-state index contributed by atoms with van der Waals surface area (Å²) in [4.78, 5) is 23.7. The molecule has 32 heavy (non-hydrogen) atoms. The van der Waals surface area contributed by atoms with Crippen molar-refractivity contribution in [2.24, 2.45) is 7.05 Å². The first-order chi connectivity index (χ1) is 14.3. The summed E-state index contributed by atoms with van der Waals surface area (Å²) in [6.45, 7) is 2.44. The van der Waals surface area contributed by atoms with E-state index in [-0.39, 0.29) is 41.0 Å². The van der Waals surface area contributed by atoms with E-state index in [1.807, 2.05) is 23.3 Å². The molecular formula is C23H30IN2NaO5. The van der Waals surface area contributed by atoms with Crippen molar-refractivity contribution in [2.45, 2.75) is 13.8 Å². The van der Waals surface area contributed by atoms with Crippen LogP contribution in [0.1, 0.15) is 13.8 Å². The van der Waals surface area contributed by atoms with Gasteiger partial charge in [-0.2, -0.15) is 0 Å². The smallest absolute Gasteiger partial charge is 0.870 e. The minimum absolute atomic E-state index is 0. The number of hydrogen-bond donors (Lipinski definition) is 2. The fourth-order valence-electron chi connectivity index (χ4n) is 2.22. The first kappa shape index (κ1) is 34.8. The first-order valence-electron chi connectivity index (χ1n) is 8.99. The van der Waals surface area contributed by atoms with E-state index >= 15 is 0 Å². The number of carboxylic acid groups (broad SMARTS) is 1. The van der Waals surface area contributed by atoms with Gasteiger partial charge in [0, 0.05) is 44.3 Å². The molecule has 3 N–H and O–H groups in total. The standard InChI is InChI=1S/C9H9N.C8H7N.C3H6O2.C2H4O2.CH3I.Na.H2O/c1-10-7-6-8-4-2-3-5-9(8)10;1-2-4-8-7(3-1)5-6-9-8;1-3(4)5-2;1-2(3)4;1-2;;/h2-7H,1H3;1-6,9H;1-2H3;1H3,(H,3,4);1H3;;1H2/q;;;;;+1;/p-1. The number of alkyl halides is 1. The van der Waals surface area contributed by atoms with E-state index in [1.54, 1.807) is 0 Å². The molecule has 0 saturated carbocycles. The number of fused-ring (bicyclic) bond motifs is 2. The largest absolute Gasteiger partial charge is 1.00 e. The zero-order valence-electron chi connectivity index (χ0n) is 19.4. The van der Waals surface area contributed by atoms with Gasteiger partial charge in [0.1, 0.15) is 0 Å². The number of nitrogens with one attached hydrogen (secondary N) is 1. The van der Waals surface area contributed by atoms with Crippen LogP contribution < -0.4 is 29.6 Å². The Morgan fingerprint density at radius 2 is 1.41 bits per heavy atom. The molecule has 0 spiro atoms. The summed E-state index contributed by atoms with van der Waals surface area (Å²) in [5.41, 5.74) is 2.50. The second kappa shape index (κ2) is 21.0. The van der Waals surface area contributed by atoms with E-state index in [0.29, 0.717) is 0 Å². The normalized spacial score (nSPS) is 8.19. The third kappa shape index (κ3) is 15.0. The van der Waals surface area contributed by atoms with Crippen LogP contribution >= 0.6 is 22.6 Å². The monoisotopic (exact) mass is 564 g/mol. The number of ether oxygens (including phenoxy) is 1. The molecule has 4 rings (SSSR count). The van der Waals surface area contributed by atoms with E-state index in [2.05, 4.69) is 98.7 Å². The third-order valence-corrected chi connectivity index (χ3v) is 3.54. The number of aliphatic carboxylic acids is 1. The summed E-state index contributed by atoms with van der Waals surface area (Å²) in [5, 5.41) is 10.0. The molecule has 2 aromatic carbocycles. The van der Waals surface area contributed by atoms with Crippen LogP contribution in [0.3, 0.4) is 0 Å². The molecule has 0 bridgehead atoms. The molecule has 4 aromatic rings. The number of halogens is 1. The van der Waals surface area contributed by atoms with Gasteiger partial charge in [-0.15, -0.1) is 0 Å². The number of aromatic amines is 1. The van der Waals surface area contributed by atoms with Gasteiger partial charge in [0.05, 0.1) is 7.11 Å². The summed E-state index contributed by atoms with van der Waals surface area (Å²) in [6.07, 6.45) is 4.02. The number of para-hydroxylation sites is 2. The number of benzene rings is 2. The summed E-state index contributed by atoms with van der Waals surface area (Å²) in [5.74, 6) is -1.08. The Morgan fingerprint density at radius 1 is 0.938 bits per heavy atom. The fourth-order valence-corrected chi connectivity index (χ4v) is 2.22. The molecule has 0 fully saturated rings. The van der Waals surface area contributed by atoms with Gasteiger partial charge in [-0.1, -0.05) is 59.0 Å². The van der Waals surface area contributed by atoms with Crippen LogP contribution in [0.5, 0.6) is 0 Å². The number of aryl methyl sites for hydroxylation is 1. The molecule has 0 unspecified atom stereocenters. The zero-order chi connectivity index (χ0) is 22.9. The molecule has 170 valence electrons. The Bertz CT molecular complexity index is 983. The predicted octanol–water partition coefficient (Wildman–Crippen LogP) is 2.49. The summed E-state index contributed by atoms with van der Waals surface area (Å²) < 4.78 is 6.23. The van der Waals surface area contributed by atoms with Gasteiger partial charge >= 0.3 is 35.5 Å². The number of methoxy groups -OCH3 is 1. The average molecular weight is 564 g/mol. The molecule has 2 heterocycles. The minimum Gasteiger partial charge on any atom is -0.870 e. The van der Waals surface area contributed by atoms with Gasteiger partial charge in [-0.3, -0.25) is 9.59 Å². The van der Waals surface area contributed by atoms with Crippen LogP contribution in [0.15, 0.2) is 73.1 Å². The Labute approximate surface area is 224 Å². The van der Waals surface area contributed by atoms with Crippen molar-refractivity contribution in [2.75, 3.05) is 12.0 Å². The second-order valence-electron chi connectivity index (χ2n) is 5.77. The van der Waals surface area contributed by atoms with Crippen molar-refractivity contribution < 1.29 is 54.5 Å². The average Bonchev–Trinajstić information content (AvgIpc) is 3.37. The maximum atomic E-state index is 9.59. The van der Waals surface area contributed by atoms with Crippen molar-refractivity contribution in [1.29, 1.82) is 0 Å². The van der Waals surface area contributed by atoms with Gasteiger partial charge in [-0.05, 0) is 40.0 Å². The molecule has 0 aliphatic rings. The van der Waals surface area contributed by atoms with Crippen LogP contribution in [0, 0.1) is 0 Å². The summed E-state index contributed by atoms with van der Waals surface area (Å²) in [6, 6.07) is 20.8. The SMILES string of the molecule is CC(=O)O.CI.COC(C)=O.Cn1ccc2ccccc21.[Na+].[OH-].c1ccc2[nH]ccc2c1. The van der Waals surface area contributed by atoms with Crippen molar-refractivity contribution in [3.63, 3.8) is 0 Å². The Kier molecular flexibility index (Phi) is 22.8. The molecule has 2 aromatic heterocycles. The van der Waals surface area contributed by atoms with Crippen LogP contribution in [0.25, 0.3) is 21.8 Å². The molecule has 0 atom stereocenters. The molecule has 0 saturated heterocycles. The number of H-pyrrole nitrogens is 1. The molecule has 0 aliphatic carbocycles. The van der Waals surface area contributed by atoms with Gasteiger partial charge in [0.15, 0.2) is 0 Å². The first-order valence-corrected chi connectivity index (χ1v) is 11.1. The number of carbonyl (C=O) groups is 2. The predicted molar refractivity (Wildman–Crippen MR) is 134 cm³/mol. The minimum atomic E-state index is -0.833. The Hall–Kier alpha value is -1.85. The van der Waals surface area contributed by atoms with E-state index < -0.39 is 5.97 Å². The van der Waals surface area contributed by atoms with E-state index in [0.717, 1.165) is 6.92 Å². The Balaban J connectivity index is -0.000000355. The zero-order valence-corrected chi connectivity index (χ0v) is 23.5. The maximum absolute atomic E-state index is 9.59. The van der Waals surface area contributed by atoms with Gasteiger partial charge in [0.2, 0.25) is 0 Å². The molecule has 0 amide bonds. The number of carboxylic acids is 1. The van der Waals surface area contributed by atoms with E-state index in [9.17, 15) is 4.79 Å². The summed E-state index contributed by atoms with van der Waals surface area (Å²) in [7, 11) is 3.41. The van der Waals surface area contributed by atoms with Gasteiger partial charge in [-0.25, -0.2) is 0 Å². The molecule has 7 nitrogen and oxygen atoms in total. The van der Waals surface area contributed by atoms with Crippen LogP contribution in [-0.2, 0) is 21.4 Å². The molecular weight excluding hydrogens is 534 g/mol. The number of carbonyl (C=O) groups excluding carboxylic acids is 1. The maximum Gasteiger partial charge on any atom is 1.00 e. The van der Waals surface area contributed by atoms with Crippen LogP contribution in [0.4, 0.5) is 0 Å². The van der Waals surface area contributed by atoms with E-state index in [1.165, 1.54) is 35.8 Å². The number of hydrogen-bond acceptors (Lipinski definition) is 4. The van der Waals surface area contributed by atoms with Crippen molar-refractivity contribution in [1.82, 2.24) is 9.55 Å². The molecule has 0 aliphatic heterocycles. The van der Waals surface area contributed by atoms with Crippen molar-refractivity contribution in [3.05, 3.63) is 73.1 Å². The van der Waals surface area contributed by atoms with Gasteiger partial charge < -0.3 is 24.9 Å². The second-order valence-corrected chi connectivity index (χ2v) is 5.77. The number of esters is 1. The van der Waals surface area contributed by atoms with Crippen molar-refractivity contribution >= 4 is 56.3 Å². The quantitative estimate of drug-likeness (QED) is 0.148. The molecule has 9 heteroatoms. The molecule has 0 radical (unpaired) electrons. The number of rotatable bonds is 0. The topological polar surface area (TPSA) is 114 Å².